The first-order chi connectivity index (χ1) is 16.3. The van der Waals surface area contributed by atoms with Crippen molar-refractivity contribution in [3.63, 3.8) is 0 Å². The Hall–Kier alpha value is -2.67. The molecule has 0 aliphatic carbocycles. The van der Waals surface area contributed by atoms with E-state index in [-0.39, 0.29) is 16.6 Å². The molecular formula is C26H25Cl2FN2O3. The highest BCUT2D eigenvalue weighted by atomic mass is 35.5. The van der Waals surface area contributed by atoms with Crippen LogP contribution in [0.4, 0.5) is 4.39 Å². The second-order valence-corrected chi connectivity index (χ2v) is 9.24. The number of carbonyl (C=O) groups is 1. The van der Waals surface area contributed by atoms with E-state index in [9.17, 15) is 14.3 Å². The third-order valence-corrected chi connectivity index (χ3v) is 6.75. The Bertz CT molecular complexity index is 1200. The number of aryl methyl sites for hydroxylation is 1. The average molecular weight is 503 g/mol. The summed E-state index contributed by atoms with van der Waals surface area (Å²) in [7, 11) is 0. The monoisotopic (exact) mass is 502 g/mol. The van der Waals surface area contributed by atoms with E-state index in [0.717, 1.165) is 36.2 Å². The molecule has 1 aliphatic rings. The number of halogens is 3. The number of benzene rings is 2. The Kier molecular flexibility index (Phi) is 7.71. The van der Waals surface area contributed by atoms with Crippen LogP contribution in [0.3, 0.4) is 0 Å². The van der Waals surface area contributed by atoms with E-state index in [4.69, 9.17) is 32.9 Å². The highest BCUT2D eigenvalue weighted by Gasteiger charge is 2.28. The van der Waals surface area contributed by atoms with E-state index in [1.165, 1.54) is 6.07 Å². The Labute approximate surface area is 208 Å². The van der Waals surface area contributed by atoms with Crippen LogP contribution < -0.4 is 4.74 Å². The maximum Gasteiger partial charge on any atom is 0.337 e. The maximum atomic E-state index is 13.5. The number of nitrogens with zero attached hydrogens (tertiary/aromatic N) is 2. The molecule has 0 amide bonds. The maximum absolute atomic E-state index is 13.5. The van der Waals surface area contributed by atoms with Crippen LogP contribution in [0, 0.1) is 12.7 Å². The van der Waals surface area contributed by atoms with Gasteiger partial charge < -0.3 is 9.84 Å². The molecule has 2 heterocycles. The van der Waals surface area contributed by atoms with Gasteiger partial charge in [-0.3, -0.25) is 9.88 Å². The fourth-order valence-electron chi connectivity index (χ4n) is 4.28. The van der Waals surface area contributed by atoms with Crippen molar-refractivity contribution in [1.29, 1.82) is 0 Å². The third-order valence-electron chi connectivity index (χ3n) is 6.04. The van der Waals surface area contributed by atoms with Gasteiger partial charge in [0, 0.05) is 18.0 Å². The molecule has 0 radical (unpaired) electrons. The van der Waals surface area contributed by atoms with Gasteiger partial charge in [0.15, 0.2) is 0 Å². The number of ether oxygens (including phenoxy) is 1. The molecule has 34 heavy (non-hydrogen) atoms. The Balaban J connectivity index is 1.50. The van der Waals surface area contributed by atoms with Gasteiger partial charge in [0.1, 0.15) is 11.6 Å². The van der Waals surface area contributed by atoms with Crippen LogP contribution in [0.2, 0.25) is 10.0 Å². The zero-order chi connectivity index (χ0) is 24.2. The van der Waals surface area contributed by atoms with Crippen LogP contribution in [0.25, 0.3) is 0 Å². The van der Waals surface area contributed by atoms with Crippen LogP contribution in [0.1, 0.15) is 51.8 Å². The van der Waals surface area contributed by atoms with E-state index in [0.29, 0.717) is 36.0 Å². The summed E-state index contributed by atoms with van der Waals surface area (Å²) in [6, 6.07) is 13.6. The Morgan fingerprint density at radius 2 is 2.00 bits per heavy atom. The number of carboxylic acid groups (broad SMARTS) is 1. The van der Waals surface area contributed by atoms with Crippen LogP contribution in [-0.2, 0) is 13.0 Å². The zero-order valence-electron chi connectivity index (χ0n) is 18.7. The molecule has 0 bridgehead atoms. The first kappa shape index (κ1) is 24.5. The molecule has 0 saturated carbocycles. The van der Waals surface area contributed by atoms with Crippen molar-refractivity contribution in [3.05, 3.63) is 92.5 Å². The van der Waals surface area contributed by atoms with Crippen molar-refractivity contribution in [1.82, 2.24) is 9.88 Å². The van der Waals surface area contributed by atoms with Gasteiger partial charge in [0.05, 0.1) is 34.6 Å². The summed E-state index contributed by atoms with van der Waals surface area (Å²) >= 11 is 12.0. The highest BCUT2D eigenvalue weighted by molar-refractivity contribution is 6.31. The summed E-state index contributed by atoms with van der Waals surface area (Å²) in [6.45, 7) is 3.67. The largest absolute Gasteiger partial charge is 0.493 e. The zero-order valence-corrected chi connectivity index (χ0v) is 20.2. The number of hydrogen-bond donors (Lipinski definition) is 1. The minimum absolute atomic E-state index is 0.0465. The molecule has 1 aromatic heterocycles. The SMILES string of the molecule is Cc1cc(OCCc2nc(C3CCCN3Cc3ccc(F)c(Cl)c3)ccc2C(=O)O)ccc1Cl. The Morgan fingerprint density at radius 1 is 1.18 bits per heavy atom. The fraction of sp³-hybridized carbons (Fsp3) is 0.308. The summed E-state index contributed by atoms with van der Waals surface area (Å²) in [5, 5.41) is 10.4. The lowest BCUT2D eigenvalue weighted by molar-refractivity contribution is 0.0694. The minimum Gasteiger partial charge on any atom is -0.493 e. The van der Waals surface area contributed by atoms with E-state index < -0.39 is 11.8 Å². The fourth-order valence-corrected chi connectivity index (χ4v) is 4.61. The molecule has 1 unspecified atom stereocenters. The van der Waals surface area contributed by atoms with Gasteiger partial charge >= 0.3 is 5.97 Å². The molecule has 2 aromatic carbocycles. The van der Waals surface area contributed by atoms with Gasteiger partial charge in [0.2, 0.25) is 0 Å². The highest BCUT2D eigenvalue weighted by Crippen LogP contribution is 2.33. The molecule has 8 heteroatoms. The van der Waals surface area contributed by atoms with E-state index in [2.05, 4.69) is 4.90 Å². The van der Waals surface area contributed by atoms with Gasteiger partial charge in [-0.15, -0.1) is 0 Å². The number of pyridine rings is 1. The molecule has 1 aliphatic heterocycles. The molecule has 4 rings (SSSR count). The van der Waals surface area contributed by atoms with Gasteiger partial charge in [-0.05, 0) is 79.9 Å². The molecular weight excluding hydrogens is 478 g/mol. The predicted octanol–water partition coefficient (Wildman–Crippen LogP) is 6.49. The number of rotatable bonds is 8. The first-order valence-corrected chi connectivity index (χ1v) is 11.9. The molecule has 1 atom stereocenters. The number of aromatic nitrogens is 1. The molecule has 5 nitrogen and oxygen atoms in total. The van der Waals surface area contributed by atoms with Gasteiger partial charge in [0.25, 0.3) is 0 Å². The number of likely N-dealkylation sites (tertiary alicyclic amines) is 1. The summed E-state index contributed by atoms with van der Waals surface area (Å²) in [5.74, 6) is -0.773. The van der Waals surface area contributed by atoms with Crippen molar-refractivity contribution in [3.8, 4) is 5.75 Å². The lowest BCUT2D eigenvalue weighted by atomic mass is 10.1. The number of hydrogen-bond acceptors (Lipinski definition) is 4. The van der Waals surface area contributed by atoms with Crippen LogP contribution in [0.5, 0.6) is 5.75 Å². The summed E-state index contributed by atoms with van der Waals surface area (Å²) in [4.78, 5) is 18.8. The van der Waals surface area contributed by atoms with E-state index >= 15 is 0 Å². The van der Waals surface area contributed by atoms with Gasteiger partial charge in [-0.2, -0.15) is 0 Å². The van der Waals surface area contributed by atoms with Crippen molar-refractivity contribution in [2.24, 2.45) is 0 Å². The van der Waals surface area contributed by atoms with Crippen molar-refractivity contribution < 1.29 is 19.0 Å². The van der Waals surface area contributed by atoms with E-state index in [1.54, 1.807) is 36.4 Å². The average Bonchev–Trinajstić information content (AvgIpc) is 3.26. The van der Waals surface area contributed by atoms with Crippen LogP contribution in [-0.4, -0.2) is 34.1 Å². The van der Waals surface area contributed by atoms with Crippen LogP contribution in [0.15, 0.2) is 48.5 Å². The number of aromatic carboxylic acids is 1. The number of carboxylic acids is 1. The molecule has 1 N–H and O–H groups in total. The van der Waals surface area contributed by atoms with Crippen LogP contribution >= 0.6 is 23.2 Å². The third kappa shape index (κ3) is 5.69. The minimum atomic E-state index is -1.01. The Morgan fingerprint density at radius 3 is 2.74 bits per heavy atom. The molecule has 3 aromatic rings. The quantitative estimate of drug-likeness (QED) is 0.381. The summed E-state index contributed by atoms with van der Waals surface area (Å²) in [5.41, 5.74) is 3.33. The van der Waals surface area contributed by atoms with Crippen molar-refractivity contribution in [2.75, 3.05) is 13.2 Å². The van der Waals surface area contributed by atoms with Crippen molar-refractivity contribution in [2.45, 2.75) is 38.8 Å². The molecule has 0 spiro atoms. The molecule has 1 fully saturated rings. The molecule has 178 valence electrons. The van der Waals surface area contributed by atoms with Gasteiger partial charge in [-0.1, -0.05) is 29.3 Å². The second kappa shape index (κ2) is 10.7. The van der Waals surface area contributed by atoms with Gasteiger partial charge in [-0.25, -0.2) is 9.18 Å². The standard InChI is InChI=1S/C26H25Cl2FN2O3/c1-16-13-18(5-7-20(16)27)34-12-10-23-19(26(32)33)6-9-24(30-23)25-3-2-11-31(25)15-17-4-8-22(29)21(28)14-17/h4-9,13-14,25H,2-3,10-12,15H2,1H3,(H,32,33). The summed E-state index contributed by atoms with van der Waals surface area (Å²) < 4.78 is 19.4. The normalized spacial score (nSPS) is 16.1. The predicted molar refractivity (Wildman–Crippen MR) is 130 cm³/mol. The van der Waals surface area contributed by atoms with Crippen molar-refractivity contribution >= 4 is 29.2 Å². The summed E-state index contributed by atoms with van der Waals surface area (Å²) in [6.07, 6.45) is 2.27. The smallest absolute Gasteiger partial charge is 0.337 e. The topological polar surface area (TPSA) is 62.7 Å². The lowest BCUT2D eigenvalue weighted by Gasteiger charge is -2.25. The first-order valence-electron chi connectivity index (χ1n) is 11.1. The van der Waals surface area contributed by atoms with E-state index in [1.807, 2.05) is 13.0 Å². The molecule has 1 saturated heterocycles. The second-order valence-electron chi connectivity index (χ2n) is 8.42. The lowest BCUT2D eigenvalue weighted by Crippen LogP contribution is -2.24.